The van der Waals surface area contributed by atoms with Crippen molar-refractivity contribution in [2.75, 3.05) is 20.1 Å². The summed E-state index contributed by atoms with van der Waals surface area (Å²) in [5.41, 5.74) is 6.26. The Morgan fingerprint density at radius 1 is 1.43 bits per heavy atom. The summed E-state index contributed by atoms with van der Waals surface area (Å²) in [6.07, 6.45) is 6.17. The van der Waals surface area contributed by atoms with Crippen molar-refractivity contribution in [1.29, 1.82) is 0 Å². The molecule has 2 N–H and O–H groups in total. The Kier molecular flexibility index (Phi) is 2.93. The number of hydrogen-bond donors (Lipinski definition) is 1. The van der Waals surface area contributed by atoms with Gasteiger partial charge in [-0.1, -0.05) is 6.08 Å². The molecule has 2 saturated carbocycles. The Hall–Kier alpha value is -0.340. The number of rotatable bonds is 4. The average molecular weight is 194 g/mol. The largest absolute Gasteiger partial charge is 0.327 e. The van der Waals surface area contributed by atoms with Crippen LogP contribution < -0.4 is 5.73 Å². The van der Waals surface area contributed by atoms with Gasteiger partial charge in [-0.25, -0.2) is 0 Å². The second-order valence-corrected chi connectivity index (χ2v) is 5.08. The molecule has 0 radical (unpaired) electrons. The van der Waals surface area contributed by atoms with E-state index in [1.54, 1.807) is 0 Å². The lowest BCUT2D eigenvalue weighted by atomic mass is 9.84. The maximum absolute atomic E-state index is 6.26. The third-order valence-electron chi connectivity index (χ3n) is 4.12. The lowest BCUT2D eigenvalue weighted by Crippen LogP contribution is -2.41. The van der Waals surface area contributed by atoms with E-state index in [0.29, 0.717) is 6.04 Å². The van der Waals surface area contributed by atoms with E-state index >= 15 is 0 Å². The highest BCUT2D eigenvalue weighted by Crippen LogP contribution is 2.47. The van der Waals surface area contributed by atoms with Gasteiger partial charge in [0, 0.05) is 19.1 Å². The molecule has 2 aliphatic carbocycles. The molecule has 2 fully saturated rings. The molecule has 0 aromatic heterocycles. The van der Waals surface area contributed by atoms with Crippen molar-refractivity contribution in [2.24, 2.45) is 23.5 Å². The van der Waals surface area contributed by atoms with E-state index in [1.807, 2.05) is 6.08 Å². The Morgan fingerprint density at radius 3 is 2.71 bits per heavy atom. The first-order valence-corrected chi connectivity index (χ1v) is 5.77. The topological polar surface area (TPSA) is 29.3 Å². The van der Waals surface area contributed by atoms with Crippen LogP contribution in [-0.4, -0.2) is 31.1 Å². The molecule has 14 heavy (non-hydrogen) atoms. The fourth-order valence-electron chi connectivity index (χ4n) is 3.38. The highest BCUT2D eigenvalue weighted by molar-refractivity contribution is 4.99. The number of hydrogen-bond acceptors (Lipinski definition) is 2. The number of likely N-dealkylation sites (N-methyl/N-ethyl adjacent to an activating group) is 1. The van der Waals surface area contributed by atoms with Gasteiger partial charge in [0.25, 0.3) is 0 Å². The molecule has 2 aliphatic rings. The summed E-state index contributed by atoms with van der Waals surface area (Å²) in [6, 6.07) is 0.473. The zero-order chi connectivity index (χ0) is 10.1. The molecule has 2 heteroatoms. The second kappa shape index (κ2) is 4.03. The van der Waals surface area contributed by atoms with E-state index in [4.69, 9.17) is 5.73 Å². The Labute approximate surface area is 87.2 Å². The first-order chi connectivity index (χ1) is 6.72. The number of fused-ring (bicyclic) bond motifs is 2. The van der Waals surface area contributed by atoms with Crippen LogP contribution in [0.4, 0.5) is 0 Å². The molecule has 0 heterocycles. The summed E-state index contributed by atoms with van der Waals surface area (Å²) in [5.74, 6) is 2.50. The summed E-state index contributed by atoms with van der Waals surface area (Å²) in [6.45, 7) is 5.92. The van der Waals surface area contributed by atoms with Crippen molar-refractivity contribution in [3.8, 4) is 0 Å². The molecule has 4 unspecified atom stereocenters. The summed E-state index contributed by atoms with van der Waals surface area (Å²) >= 11 is 0. The van der Waals surface area contributed by atoms with Crippen molar-refractivity contribution in [3.05, 3.63) is 12.7 Å². The molecule has 0 aromatic rings. The fraction of sp³-hybridized carbons (Fsp3) is 0.833. The van der Waals surface area contributed by atoms with Crippen molar-refractivity contribution in [3.63, 3.8) is 0 Å². The van der Waals surface area contributed by atoms with Crippen LogP contribution in [0.25, 0.3) is 0 Å². The monoisotopic (exact) mass is 194 g/mol. The molecule has 0 aliphatic heterocycles. The number of nitrogens with zero attached hydrogens (tertiary/aromatic N) is 1. The maximum atomic E-state index is 6.26. The molecule has 80 valence electrons. The van der Waals surface area contributed by atoms with Crippen molar-refractivity contribution in [1.82, 2.24) is 4.90 Å². The molecular weight excluding hydrogens is 172 g/mol. The summed E-state index contributed by atoms with van der Waals surface area (Å²) in [7, 11) is 2.17. The summed E-state index contributed by atoms with van der Waals surface area (Å²) in [5, 5.41) is 0. The van der Waals surface area contributed by atoms with Crippen molar-refractivity contribution >= 4 is 0 Å². The van der Waals surface area contributed by atoms with Crippen LogP contribution in [0.1, 0.15) is 19.3 Å². The molecule has 0 spiro atoms. The van der Waals surface area contributed by atoms with Gasteiger partial charge in [0.05, 0.1) is 0 Å². The van der Waals surface area contributed by atoms with Crippen LogP contribution in [0.2, 0.25) is 0 Å². The van der Waals surface area contributed by atoms with Crippen LogP contribution in [-0.2, 0) is 0 Å². The molecule has 2 rings (SSSR count). The van der Waals surface area contributed by atoms with Gasteiger partial charge in [0.15, 0.2) is 0 Å². The zero-order valence-corrected chi connectivity index (χ0v) is 9.15. The van der Waals surface area contributed by atoms with E-state index in [9.17, 15) is 0 Å². The predicted molar refractivity (Wildman–Crippen MR) is 60.0 cm³/mol. The lowest BCUT2D eigenvalue weighted by molar-refractivity contribution is 0.210. The molecule has 4 atom stereocenters. The highest BCUT2D eigenvalue weighted by Gasteiger charge is 2.45. The van der Waals surface area contributed by atoms with Crippen LogP contribution in [0.15, 0.2) is 12.7 Å². The van der Waals surface area contributed by atoms with Gasteiger partial charge in [-0.15, -0.1) is 6.58 Å². The highest BCUT2D eigenvalue weighted by atomic mass is 15.1. The van der Waals surface area contributed by atoms with Crippen LogP contribution in [0, 0.1) is 17.8 Å². The third-order valence-corrected chi connectivity index (χ3v) is 4.12. The predicted octanol–water partition coefficient (Wildman–Crippen LogP) is 1.48. The maximum Gasteiger partial charge on any atom is 0.0157 e. The van der Waals surface area contributed by atoms with Crippen LogP contribution in [0.5, 0.6) is 0 Å². The minimum Gasteiger partial charge on any atom is -0.327 e. The molecular formula is C12H22N2. The Bertz CT molecular complexity index is 212. The average Bonchev–Trinajstić information content (AvgIpc) is 2.70. The van der Waals surface area contributed by atoms with E-state index in [1.165, 1.54) is 19.3 Å². The van der Waals surface area contributed by atoms with Crippen LogP contribution in [0.3, 0.4) is 0 Å². The van der Waals surface area contributed by atoms with Crippen molar-refractivity contribution < 1.29 is 0 Å². The molecule has 2 nitrogen and oxygen atoms in total. The first kappa shape index (κ1) is 10.2. The minimum absolute atomic E-state index is 0.473. The third kappa shape index (κ3) is 1.73. The summed E-state index contributed by atoms with van der Waals surface area (Å²) < 4.78 is 0. The summed E-state index contributed by atoms with van der Waals surface area (Å²) in [4.78, 5) is 2.35. The van der Waals surface area contributed by atoms with Gasteiger partial charge >= 0.3 is 0 Å². The van der Waals surface area contributed by atoms with E-state index in [0.717, 1.165) is 30.8 Å². The van der Waals surface area contributed by atoms with E-state index in [-0.39, 0.29) is 0 Å². The molecule has 0 aromatic carbocycles. The second-order valence-electron chi connectivity index (χ2n) is 5.08. The first-order valence-electron chi connectivity index (χ1n) is 5.77. The smallest absolute Gasteiger partial charge is 0.0157 e. The normalized spacial score (nSPS) is 40.8. The van der Waals surface area contributed by atoms with Gasteiger partial charge in [-0.3, -0.25) is 0 Å². The molecule has 0 saturated heterocycles. The minimum atomic E-state index is 0.473. The fourth-order valence-corrected chi connectivity index (χ4v) is 3.38. The van der Waals surface area contributed by atoms with Gasteiger partial charge < -0.3 is 10.6 Å². The van der Waals surface area contributed by atoms with E-state index in [2.05, 4.69) is 18.5 Å². The molecule has 0 amide bonds. The lowest BCUT2D eigenvalue weighted by Gasteiger charge is -2.31. The quantitative estimate of drug-likeness (QED) is 0.687. The van der Waals surface area contributed by atoms with Gasteiger partial charge in [-0.05, 0) is 44.1 Å². The van der Waals surface area contributed by atoms with Gasteiger partial charge in [0.1, 0.15) is 0 Å². The van der Waals surface area contributed by atoms with Gasteiger partial charge in [-0.2, -0.15) is 0 Å². The Balaban J connectivity index is 1.89. The zero-order valence-electron chi connectivity index (χ0n) is 9.15. The van der Waals surface area contributed by atoms with E-state index < -0.39 is 0 Å². The number of nitrogens with two attached hydrogens (primary N) is 1. The van der Waals surface area contributed by atoms with Crippen LogP contribution >= 0.6 is 0 Å². The molecule has 2 bridgehead atoms. The standard InChI is InChI=1S/C12H22N2/c1-3-6-14(2)8-11-9-4-5-10(7-9)12(11)13/h3,9-12H,1,4-8,13H2,2H3. The Morgan fingerprint density at radius 2 is 2.14 bits per heavy atom. The van der Waals surface area contributed by atoms with Gasteiger partial charge in [0.2, 0.25) is 0 Å². The SMILES string of the molecule is C=CCN(C)CC1C2CCC(C2)C1N. The van der Waals surface area contributed by atoms with Crippen molar-refractivity contribution in [2.45, 2.75) is 25.3 Å².